The van der Waals surface area contributed by atoms with E-state index in [2.05, 4.69) is 10.6 Å². The summed E-state index contributed by atoms with van der Waals surface area (Å²) in [5, 5.41) is 13.5. The van der Waals surface area contributed by atoms with Gasteiger partial charge in [-0.15, -0.1) is 0 Å². The molecule has 8 nitrogen and oxygen atoms in total. The van der Waals surface area contributed by atoms with E-state index in [-0.39, 0.29) is 0 Å². The fraction of sp³-hybridized carbons (Fsp3) is 0.727. The van der Waals surface area contributed by atoms with Crippen LogP contribution in [-0.2, 0) is 9.59 Å². The molecule has 0 aromatic heterocycles. The van der Waals surface area contributed by atoms with Gasteiger partial charge in [0.15, 0.2) is 0 Å². The number of aliphatic carboxylic acids is 1. The first-order valence-electron chi connectivity index (χ1n) is 6.03. The Morgan fingerprint density at radius 2 is 1.89 bits per heavy atom. The topological polar surface area (TPSA) is 125 Å². The minimum Gasteiger partial charge on any atom is -0.480 e. The molecule has 0 aliphatic carbocycles. The third-order valence-corrected chi connectivity index (χ3v) is 2.33. The molecule has 0 fully saturated rings. The Kier molecular flexibility index (Phi) is 8.27. The van der Waals surface area contributed by atoms with Crippen LogP contribution in [0.3, 0.4) is 0 Å². The summed E-state index contributed by atoms with van der Waals surface area (Å²) < 4.78 is 0. The Balaban J connectivity index is 3.87. The molecular weight excluding hydrogens is 252 g/mol. The van der Waals surface area contributed by atoms with Gasteiger partial charge in [-0.05, 0) is 33.5 Å². The van der Waals surface area contributed by atoms with E-state index in [4.69, 9.17) is 10.8 Å². The number of unbranched alkanes of at least 4 members (excludes halogenated alkanes) is 1. The Morgan fingerprint density at radius 1 is 1.26 bits per heavy atom. The molecule has 0 bridgehead atoms. The molecule has 0 aliphatic rings. The smallest absolute Gasteiger partial charge is 0.326 e. The molecule has 0 aromatic rings. The van der Waals surface area contributed by atoms with Crippen LogP contribution in [0.4, 0.5) is 4.79 Å². The monoisotopic (exact) mass is 274 g/mol. The number of nitrogens with one attached hydrogen (secondary N) is 2. The summed E-state index contributed by atoms with van der Waals surface area (Å²) in [4.78, 5) is 34.8. The predicted octanol–water partition coefficient (Wildman–Crippen LogP) is -1.04. The highest BCUT2D eigenvalue weighted by Gasteiger charge is 2.21. The fourth-order valence-corrected chi connectivity index (χ4v) is 1.37. The van der Waals surface area contributed by atoms with Gasteiger partial charge in [0, 0.05) is 6.54 Å². The number of rotatable bonds is 9. The summed E-state index contributed by atoms with van der Waals surface area (Å²) in [6, 6.07) is -1.90. The lowest BCUT2D eigenvalue weighted by Crippen LogP contribution is -2.47. The third kappa shape index (κ3) is 9.83. The number of carbonyl (C=O) groups is 3. The van der Waals surface area contributed by atoms with Crippen LogP contribution in [0.2, 0.25) is 0 Å². The molecule has 0 unspecified atom stereocenters. The van der Waals surface area contributed by atoms with Crippen LogP contribution in [0.15, 0.2) is 0 Å². The minimum atomic E-state index is -1.29. The van der Waals surface area contributed by atoms with Crippen LogP contribution in [0.1, 0.15) is 19.3 Å². The lowest BCUT2D eigenvalue weighted by molar-refractivity contribution is -0.140. The molecule has 110 valence electrons. The molecule has 0 rings (SSSR count). The van der Waals surface area contributed by atoms with Gasteiger partial charge in [0.05, 0.1) is 6.42 Å². The highest BCUT2D eigenvalue weighted by atomic mass is 16.4. The van der Waals surface area contributed by atoms with Crippen molar-refractivity contribution in [3.05, 3.63) is 0 Å². The first kappa shape index (κ1) is 17.2. The first-order chi connectivity index (χ1) is 8.82. The number of carboxylic acids is 1. The number of nitrogens with zero attached hydrogens (tertiary/aromatic N) is 1. The van der Waals surface area contributed by atoms with Crippen molar-refractivity contribution in [3.63, 3.8) is 0 Å². The summed E-state index contributed by atoms with van der Waals surface area (Å²) in [6.07, 6.45) is 1.29. The van der Waals surface area contributed by atoms with E-state index in [0.29, 0.717) is 6.54 Å². The van der Waals surface area contributed by atoms with Gasteiger partial charge in [0.2, 0.25) is 5.91 Å². The Bertz CT molecular complexity index is 320. The van der Waals surface area contributed by atoms with Crippen molar-refractivity contribution in [1.82, 2.24) is 15.5 Å². The van der Waals surface area contributed by atoms with Crippen molar-refractivity contribution in [2.45, 2.75) is 25.3 Å². The normalized spacial score (nSPS) is 11.9. The molecular formula is C11H22N4O4. The van der Waals surface area contributed by atoms with Gasteiger partial charge in [-0.3, -0.25) is 4.79 Å². The maximum absolute atomic E-state index is 11.4. The number of primary amides is 1. The van der Waals surface area contributed by atoms with Gasteiger partial charge >= 0.3 is 12.0 Å². The van der Waals surface area contributed by atoms with E-state index in [1.165, 1.54) is 0 Å². The lowest BCUT2D eigenvalue weighted by atomic mass is 10.2. The molecule has 0 spiro atoms. The number of urea groups is 1. The van der Waals surface area contributed by atoms with Crippen molar-refractivity contribution in [2.24, 2.45) is 5.73 Å². The second-order valence-electron chi connectivity index (χ2n) is 4.47. The van der Waals surface area contributed by atoms with Crippen molar-refractivity contribution < 1.29 is 19.5 Å². The van der Waals surface area contributed by atoms with Crippen LogP contribution in [0.25, 0.3) is 0 Å². The summed E-state index contributed by atoms with van der Waals surface area (Å²) in [7, 11) is 3.92. The van der Waals surface area contributed by atoms with Crippen LogP contribution < -0.4 is 16.4 Å². The maximum atomic E-state index is 11.4. The average Bonchev–Trinajstić information content (AvgIpc) is 2.26. The molecule has 0 radical (unpaired) electrons. The van der Waals surface area contributed by atoms with Crippen molar-refractivity contribution in [3.8, 4) is 0 Å². The highest BCUT2D eigenvalue weighted by molar-refractivity contribution is 5.87. The largest absolute Gasteiger partial charge is 0.480 e. The molecule has 5 N–H and O–H groups in total. The molecule has 0 saturated carbocycles. The number of hydrogen-bond donors (Lipinski definition) is 4. The Labute approximate surface area is 112 Å². The maximum Gasteiger partial charge on any atom is 0.326 e. The zero-order valence-electron chi connectivity index (χ0n) is 11.3. The second kappa shape index (κ2) is 9.15. The van der Waals surface area contributed by atoms with E-state index in [1.54, 1.807) is 0 Å². The SMILES string of the molecule is CN(C)CCCCNC(=O)N[C@@H](CC(N)=O)C(=O)O. The standard InChI is InChI=1S/C11H22N4O4/c1-15(2)6-4-3-5-13-11(19)14-8(10(17)18)7-9(12)16/h8H,3-7H2,1-2H3,(H2,12,16)(H,17,18)(H2,13,14,19)/t8-/m0/s1. The minimum absolute atomic E-state index is 0.427. The van der Waals surface area contributed by atoms with Gasteiger partial charge in [-0.2, -0.15) is 0 Å². The van der Waals surface area contributed by atoms with E-state index in [9.17, 15) is 14.4 Å². The van der Waals surface area contributed by atoms with E-state index in [1.807, 2.05) is 19.0 Å². The van der Waals surface area contributed by atoms with Gasteiger partial charge < -0.3 is 26.4 Å². The zero-order valence-corrected chi connectivity index (χ0v) is 11.3. The molecule has 19 heavy (non-hydrogen) atoms. The van der Waals surface area contributed by atoms with Gasteiger partial charge in [-0.25, -0.2) is 9.59 Å². The summed E-state index contributed by atoms with van der Waals surface area (Å²) in [5.74, 6) is -2.07. The fourth-order valence-electron chi connectivity index (χ4n) is 1.37. The van der Waals surface area contributed by atoms with Crippen LogP contribution >= 0.6 is 0 Å². The van der Waals surface area contributed by atoms with E-state index < -0.39 is 30.4 Å². The van der Waals surface area contributed by atoms with Crippen LogP contribution in [0.5, 0.6) is 0 Å². The Hall–Kier alpha value is -1.83. The van der Waals surface area contributed by atoms with Crippen molar-refractivity contribution in [1.29, 1.82) is 0 Å². The number of hydrogen-bond acceptors (Lipinski definition) is 4. The molecule has 8 heteroatoms. The second-order valence-corrected chi connectivity index (χ2v) is 4.47. The Morgan fingerprint density at radius 3 is 2.37 bits per heavy atom. The lowest BCUT2D eigenvalue weighted by Gasteiger charge is -2.14. The molecule has 0 aliphatic heterocycles. The average molecular weight is 274 g/mol. The van der Waals surface area contributed by atoms with Gasteiger partial charge in [-0.1, -0.05) is 0 Å². The summed E-state index contributed by atoms with van der Waals surface area (Å²) in [5.41, 5.74) is 4.90. The van der Waals surface area contributed by atoms with Crippen LogP contribution in [-0.4, -0.2) is 61.1 Å². The molecule has 1 atom stereocenters. The highest BCUT2D eigenvalue weighted by Crippen LogP contribution is 1.92. The predicted molar refractivity (Wildman–Crippen MR) is 69.6 cm³/mol. The van der Waals surface area contributed by atoms with Crippen molar-refractivity contribution >= 4 is 17.9 Å². The zero-order chi connectivity index (χ0) is 14.8. The number of nitrogens with two attached hydrogens (primary N) is 1. The quantitative estimate of drug-likeness (QED) is 0.399. The summed E-state index contributed by atoms with van der Waals surface area (Å²) >= 11 is 0. The third-order valence-electron chi connectivity index (χ3n) is 2.33. The molecule has 0 heterocycles. The molecule has 0 aromatic carbocycles. The van der Waals surface area contributed by atoms with E-state index in [0.717, 1.165) is 19.4 Å². The molecule has 3 amide bonds. The number of amides is 3. The number of carboxylic acid groups (broad SMARTS) is 1. The van der Waals surface area contributed by atoms with Crippen LogP contribution in [0, 0.1) is 0 Å². The van der Waals surface area contributed by atoms with Gasteiger partial charge in [0.25, 0.3) is 0 Å². The first-order valence-corrected chi connectivity index (χ1v) is 6.03. The number of carbonyl (C=O) groups excluding carboxylic acids is 2. The van der Waals surface area contributed by atoms with E-state index >= 15 is 0 Å². The van der Waals surface area contributed by atoms with Crippen molar-refractivity contribution in [2.75, 3.05) is 27.2 Å². The van der Waals surface area contributed by atoms with Gasteiger partial charge in [0.1, 0.15) is 6.04 Å². The summed E-state index contributed by atoms with van der Waals surface area (Å²) in [6.45, 7) is 1.37. The molecule has 0 saturated heterocycles.